The van der Waals surface area contributed by atoms with Crippen molar-refractivity contribution >= 4 is 34.4 Å². The summed E-state index contributed by atoms with van der Waals surface area (Å²) in [6, 6.07) is 7.67. The molecule has 0 radical (unpaired) electrons. The lowest BCUT2D eigenvalue weighted by Crippen LogP contribution is -2.00. The zero-order valence-electron chi connectivity index (χ0n) is 9.22. The zero-order valence-corrected chi connectivity index (χ0v) is 10.7. The Kier molecular flexibility index (Phi) is 2.89. The Morgan fingerprint density at radius 2 is 1.94 bits per heavy atom. The van der Waals surface area contributed by atoms with Crippen molar-refractivity contribution in [1.82, 2.24) is 19.5 Å². The number of hydrogen-bond acceptors (Lipinski definition) is 3. The predicted molar refractivity (Wildman–Crippen MR) is 70.9 cm³/mol. The van der Waals surface area contributed by atoms with Gasteiger partial charge >= 0.3 is 0 Å². The molecule has 3 aromatic rings. The second-order valence-electron chi connectivity index (χ2n) is 3.81. The minimum absolute atomic E-state index is 0.211. The summed E-state index contributed by atoms with van der Waals surface area (Å²) in [7, 11) is 0. The topological polar surface area (TPSA) is 43.6 Å². The molecule has 0 saturated heterocycles. The van der Waals surface area contributed by atoms with Crippen molar-refractivity contribution in [3.63, 3.8) is 0 Å². The predicted octanol–water partition coefficient (Wildman–Crippen LogP) is 3.18. The van der Waals surface area contributed by atoms with Crippen LogP contribution in [-0.2, 0) is 6.54 Å². The van der Waals surface area contributed by atoms with Gasteiger partial charge in [0.05, 0.1) is 19.1 Å². The van der Waals surface area contributed by atoms with Gasteiger partial charge < -0.3 is 4.57 Å². The highest BCUT2D eigenvalue weighted by Gasteiger charge is 2.07. The molecule has 0 unspecified atom stereocenters. The fraction of sp³-hybridized carbons (Fsp3) is 0.0833. The van der Waals surface area contributed by atoms with E-state index in [4.69, 9.17) is 23.2 Å². The second-order valence-corrected chi connectivity index (χ2v) is 4.56. The monoisotopic (exact) mass is 278 g/mol. The number of benzene rings is 1. The molecule has 0 atom stereocenters. The molecule has 0 N–H and O–H groups in total. The maximum absolute atomic E-state index is 6.13. The van der Waals surface area contributed by atoms with Gasteiger partial charge in [0.1, 0.15) is 5.52 Å². The summed E-state index contributed by atoms with van der Waals surface area (Å²) >= 11 is 11.9. The summed E-state index contributed by atoms with van der Waals surface area (Å²) in [5.41, 5.74) is 2.43. The highest BCUT2D eigenvalue weighted by Crippen LogP contribution is 2.18. The van der Waals surface area contributed by atoms with Gasteiger partial charge in [-0.05, 0) is 23.2 Å². The average molecular weight is 279 g/mol. The molecule has 0 amide bonds. The average Bonchev–Trinajstić information content (AvgIpc) is 2.75. The van der Waals surface area contributed by atoms with E-state index in [9.17, 15) is 0 Å². The lowest BCUT2D eigenvalue weighted by Gasteiger charge is -2.05. The quantitative estimate of drug-likeness (QED) is 0.677. The summed E-state index contributed by atoms with van der Waals surface area (Å²) in [4.78, 5) is 12.3. The molecule has 0 aliphatic carbocycles. The summed E-state index contributed by atoms with van der Waals surface area (Å²) in [6.45, 7) is 0.601. The number of hydrogen-bond donors (Lipinski definition) is 0. The molecule has 3 rings (SSSR count). The van der Waals surface area contributed by atoms with Crippen molar-refractivity contribution in [1.29, 1.82) is 0 Å². The number of aromatic nitrogens is 4. The molecule has 1 aromatic carbocycles. The summed E-state index contributed by atoms with van der Waals surface area (Å²) < 4.78 is 1.89. The SMILES string of the molecule is Clc1ncc2ncn(Cc3ccccc3Cl)c2n1. The molecular weight excluding hydrogens is 271 g/mol. The number of rotatable bonds is 2. The molecular formula is C12H8Cl2N4. The van der Waals surface area contributed by atoms with Crippen molar-refractivity contribution in [3.05, 3.63) is 52.7 Å². The van der Waals surface area contributed by atoms with Crippen LogP contribution in [0, 0.1) is 0 Å². The van der Waals surface area contributed by atoms with Gasteiger partial charge in [-0.25, -0.2) is 9.97 Å². The third-order valence-electron chi connectivity index (χ3n) is 2.63. The maximum atomic E-state index is 6.13. The Morgan fingerprint density at radius 3 is 2.78 bits per heavy atom. The first-order chi connectivity index (χ1) is 8.74. The van der Waals surface area contributed by atoms with Gasteiger partial charge in [0, 0.05) is 5.02 Å². The van der Waals surface area contributed by atoms with E-state index in [0.29, 0.717) is 17.7 Å². The molecule has 2 aromatic heterocycles. The first-order valence-electron chi connectivity index (χ1n) is 5.31. The maximum Gasteiger partial charge on any atom is 0.224 e. The smallest absolute Gasteiger partial charge is 0.224 e. The van der Waals surface area contributed by atoms with Gasteiger partial charge in [-0.3, -0.25) is 0 Å². The molecule has 18 heavy (non-hydrogen) atoms. The Hall–Kier alpha value is -1.65. The Bertz CT molecular complexity index is 708. The van der Waals surface area contributed by atoms with Crippen LogP contribution in [0.3, 0.4) is 0 Å². The van der Waals surface area contributed by atoms with Crippen LogP contribution in [0.25, 0.3) is 11.2 Å². The lowest BCUT2D eigenvalue weighted by atomic mass is 10.2. The molecule has 6 heteroatoms. The van der Waals surface area contributed by atoms with Crippen LogP contribution < -0.4 is 0 Å². The van der Waals surface area contributed by atoms with Crippen LogP contribution in [0.1, 0.15) is 5.56 Å². The van der Waals surface area contributed by atoms with E-state index in [0.717, 1.165) is 10.6 Å². The van der Waals surface area contributed by atoms with Crippen molar-refractivity contribution in [3.8, 4) is 0 Å². The molecule has 4 nitrogen and oxygen atoms in total. The fourth-order valence-corrected chi connectivity index (χ4v) is 2.08. The Labute approximate surface area is 113 Å². The van der Waals surface area contributed by atoms with E-state index in [2.05, 4.69) is 15.0 Å². The molecule has 0 bridgehead atoms. The molecule has 90 valence electrons. The number of nitrogens with zero attached hydrogens (tertiary/aromatic N) is 4. The normalized spacial score (nSPS) is 11.0. The minimum atomic E-state index is 0.211. The van der Waals surface area contributed by atoms with Crippen LogP contribution >= 0.6 is 23.2 Å². The van der Waals surface area contributed by atoms with Crippen LogP contribution in [0.5, 0.6) is 0 Å². The molecule has 0 aliphatic rings. The third-order valence-corrected chi connectivity index (χ3v) is 3.18. The van der Waals surface area contributed by atoms with Crippen molar-refractivity contribution < 1.29 is 0 Å². The fourth-order valence-electron chi connectivity index (χ4n) is 1.76. The van der Waals surface area contributed by atoms with E-state index in [1.54, 1.807) is 12.5 Å². The number of halogens is 2. The zero-order chi connectivity index (χ0) is 12.5. The van der Waals surface area contributed by atoms with Crippen LogP contribution in [0.15, 0.2) is 36.8 Å². The summed E-state index contributed by atoms with van der Waals surface area (Å²) in [5.74, 6) is 0. The van der Waals surface area contributed by atoms with E-state index in [1.807, 2.05) is 28.8 Å². The van der Waals surface area contributed by atoms with E-state index >= 15 is 0 Å². The van der Waals surface area contributed by atoms with Gasteiger partial charge in [0.25, 0.3) is 0 Å². The van der Waals surface area contributed by atoms with Crippen molar-refractivity contribution in [2.45, 2.75) is 6.54 Å². The highest BCUT2D eigenvalue weighted by molar-refractivity contribution is 6.31. The summed E-state index contributed by atoms with van der Waals surface area (Å²) in [5, 5.41) is 0.933. The van der Waals surface area contributed by atoms with Gasteiger partial charge in [-0.1, -0.05) is 29.8 Å². The van der Waals surface area contributed by atoms with Crippen molar-refractivity contribution in [2.75, 3.05) is 0 Å². The van der Waals surface area contributed by atoms with E-state index in [1.165, 1.54) is 0 Å². The van der Waals surface area contributed by atoms with Gasteiger partial charge in [-0.2, -0.15) is 4.98 Å². The number of imidazole rings is 1. The first kappa shape index (κ1) is 11.4. The van der Waals surface area contributed by atoms with E-state index < -0.39 is 0 Å². The summed E-state index contributed by atoms with van der Waals surface area (Å²) in [6.07, 6.45) is 3.31. The van der Waals surface area contributed by atoms with Gasteiger partial charge in [-0.15, -0.1) is 0 Å². The molecule has 0 fully saturated rings. The Morgan fingerprint density at radius 1 is 1.11 bits per heavy atom. The van der Waals surface area contributed by atoms with Crippen LogP contribution in [0.4, 0.5) is 0 Å². The molecule has 2 heterocycles. The second kappa shape index (κ2) is 4.55. The molecule has 0 saturated carbocycles. The Balaban J connectivity index is 2.05. The highest BCUT2D eigenvalue weighted by atomic mass is 35.5. The molecule has 0 spiro atoms. The van der Waals surface area contributed by atoms with Crippen LogP contribution in [-0.4, -0.2) is 19.5 Å². The lowest BCUT2D eigenvalue weighted by molar-refractivity contribution is 0.813. The van der Waals surface area contributed by atoms with Crippen molar-refractivity contribution in [2.24, 2.45) is 0 Å². The molecule has 0 aliphatic heterocycles. The van der Waals surface area contributed by atoms with Crippen LogP contribution in [0.2, 0.25) is 10.3 Å². The standard InChI is InChI=1S/C12H8Cl2N4/c13-9-4-2-1-3-8(9)6-18-7-16-10-5-15-12(14)17-11(10)18/h1-5,7H,6H2. The van der Waals surface area contributed by atoms with Gasteiger partial charge in [0.15, 0.2) is 5.65 Å². The van der Waals surface area contributed by atoms with Gasteiger partial charge in [0.2, 0.25) is 5.28 Å². The number of fused-ring (bicyclic) bond motifs is 1. The first-order valence-corrected chi connectivity index (χ1v) is 6.06. The largest absolute Gasteiger partial charge is 0.311 e. The third kappa shape index (κ3) is 2.05. The minimum Gasteiger partial charge on any atom is -0.311 e. The van der Waals surface area contributed by atoms with E-state index in [-0.39, 0.29) is 5.28 Å².